The number of ether oxygens (including phenoxy) is 1. The standard InChI is InChI=1S/C14H21N3O/c1-10(2)18-13-5-3-4-12-14(13)16-9-11-8-15-6-7-17(11)12/h3-5,10-11,15-16H,6-9H2,1-2H3. The third-order valence-electron chi connectivity index (χ3n) is 3.54. The molecule has 98 valence electrons. The van der Waals surface area contributed by atoms with Gasteiger partial charge in [0.1, 0.15) is 11.4 Å². The maximum absolute atomic E-state index is 5.89. The van der Waals surface area contributed by atoms with E-state index < -0.39 is 0 Å². The first-order chi connectivity index (χ1) is 8.75. The van der Waals surface area contributed by atoms with E-state index in [4.69, 9.17) is 4.74 Å². The van der Waals surface area contributed by atoms with Gasteiger partial charge in [-0.25, -0.2) is 0 Å². The Balaban J connectivity index is 1.94. The summed E-state index contributed by atoms with van der Waals surface area (Å²) < 4.78 is 5.89. The van der Waals surface area contributed by atoms with Crippen molar-refractivity contribution >= 4 is 11.4 Å². The van der Waals surface area contributed by atoms with Crippen LogP contribution in [0.3, 0.4) is 0 Å². The summed E-state index contributed by atoms with van der Waals surface area (Å²) in [6.07, 6.45) is 0.207. The van der Waals surface area contributed by atoms with E-state index in [0.29, 0.717) is 6.04 Å². The van der Waals surface area contributed by atoms with E-state index in [1.165, 1.54) is 5.69 Å². The van der Waals surface area contributed by atoms with Crippen LogP contribution in [0.4, 0.5) is 11.4 Å². The van der Waals surface area contributed by atoms with Crippen molar-refractivity contribution in [2.24, 2.45) is 0 Å². The number of para-hydroxylation sites is 1. The summed E-state index contributed by atoms with van der Waals surface area (Å²) in [4.78, 5) is 2.50. The monoisotopic (exact) mass is 247 g/mol. The maximum atomic E-state index is 5.89. The quantitative estimate of drug-likeness (QED) is 0.833. The van der Waals surface area contributed by atoms with Crippen molar-refractivity contribution in [2.45, 2.75) is 26.0 Å². The van der Waals surface area contributed by atoms with Crippen molar-refractivity contribution in [3.63, 3.8) is 0 Å². The highest BCUT2D eigenvalue weighted by molar-refractivity contribution is 5.79. The highest BCUT2D eigenvalue weighted by atomic mass is 16.5. The van der Waals surface area contributed by atoms with Gasteiger partial charge in [0.25, 0.3) is 0 Å². The number of benzene rings is 1. The number of nitrogens with one attached hydrogen (secondary N) is 2. The minimum Gasteiger partial charge on any atom is -0.489 e. The van der Waals surface area contributed by atoms with Gasteiger partial charge in [0.05, 0.1) is 17.8 Å². The molecule has 2 aliphatic heterocycles. The van der Waals surface area contributed by atoms with E-state index in [1.54, 1.807) is 0 Å². The Labute approximate surface area is 108 Å². The number of hydrogen-bond donors (Lipinski definition) is 2. The van der Waals surface area contributed by atoms with Gasteiger partial charge in [-0.15, -0.1) is 0 Å². The second kappa shape index (κ2) is 4.69. The predicted molar refractivity (Wildman–Crippen MR) is 74.7 cm³/mol. The fourth-order valence-corrected chi connectivity index (χ4v) is 2.77. The zero-order valence-electron chi connectivity index (χ0n) is 11.1. The molecule has 1 unspecified atom stereocenters. The summed E-state index contributed by atoms with van der Waals surface area (Å²) in [7, 11) is 0. The topological polar surface area (TPSA) is 36.5 Å². The molecule has 0 bridgehead atoms. The number of piperazine rings is 1. The van der Waals surface area contributed by atoms with E-state index in [0.717, 1.165) is 37.6 Å². The number of nitrogens with zero attached hydrogens (tertiary/aromatic N) is 1. The minimum atomic E-state index is 0.207. The normalized spacial score (nSPS) is 22.2. The van der Waals surface area contributed by atoms with Gasteiger partial charge in [0.2, 0.25) is 0 Å². The second-order valence-electron chi connectivity index (χ2n) is 5.25. The molecule has 4 nitrogen and oxygen atoms in total. The molecular formula is C14H21N3O. The third-order valence-corrected chi connectivity index (χ3v) is 3.54. The molecule has 0 aromatic heterocycles. The van der Waals surface area contributed by atoms with Crippen LogP contribution in [0.2, 0.25) is 0 Å². The summed E-state index contributed by atoms with van der Waals surface area (Å²) in [6.45, 7) is 8.31. The molecule has 1 saturated heterocycles. The van der Waals surface area contributed by atoms with Crippen LogP contribution in [0.25, 0.3) is 0 Å². The molecule has 1 atom stereocenters. The Morgan fingerprint density at radius 2 is 2.22 bits per heavy atom. The average Bonchev–Trinajstić information content (AvgIpc) is 2.38. The molecule has 0 radical (unpaired) electrons. The fourth-order valence-electron chi connectivity index (χ4n) is 2.77. The summed E-state index contributed by atoms with van der Waals surface area (Å²) in [6, 6.07) is 6.88. The number of rotatable bonds is 2. The average molecular weight is 247 g/mol. The van der Waals surface area contributed by atoms with Crippen LogP contribution >= 0.6 is 0 Å². The van der Waals surface area contributed by atoms with Crippen LogP contribution in [-0.2, 0) is 0 Å². The SMILES string of the molecule is CC(C)Oc1cccc2c1NCC1CNCCN21. The molecule has 0 saturated carbocycles. The van der Waals surface area contributed by atoms with Gasteiger partial charge in [-0.1, -0.05) is 6.07 Å². The zero-order valence-corrected chi connectivity index (χ0v) is 11.1. The van der Waals surface area contributed by atoms with Crippen LogP contribution in [-0.4, -0.2) is 38.3 Å². The molecule has 0 amide bonds. The van der Waals surface area contributed by atoms with Crippen LogP contribution in [0.5, 0.6) is 5.75 Å². The van der Waals surface area contributed by atoms with Crippen molar-refractivity contribution in [1.82, 2.24) is 5.32 Å². The van der Waals surface area contributed by atoms with Crippen LogP contribution < -0.4 is 20.3 Å². The number of anilines is 2. The van der Waals surface area contributed by atoms with Crippen molar-refractivity contribution in [3.8, 4) is 5.75 Å². The molecule has 0 aliphatic carbocycles. The Hall–Kier alpha value is -1.42. The maximum Gasteiger partial charge on any atom is 0.144 e. The van der Waals surface area contributed by atoms with E-state index in [1.807, 2.05) is 6.07 Å². The lowest BCUT2D eigenvalue weighted by atomic mass is 10.1. The molecule has 0 spiro atoms. The lowest BCUT2D eigenvalue weighted by molar-refractivity contribution is 0.243. The molecule has 1 fully saturated rings. The van der Waals surface area contributed by atoms with Gasteiger partial charge in [0, 0.05) is 26.2 Å². The summed E-state index contributed by atoms with van der Waals surface area (Å²) in [5.41, 5.74) is 2.44. The first-order valence-electron chi connectivity index (χ1n) is 6.76. The highest BCUT2D eigenvalue weighted by Crippen LogP contribution is 2.39. The zero-order chi connectivity index (χ0) is 12.5. The fraction of sp³-hybridized carbons (Fsp3) is 0.571. The molecule has 2 N–H and O–H groups in total. The van der Waals surface area contributed by atoms with Gasteiger partial charge in [-0.05, 0) is 26.0 Å². The Bertz CT molecular complexity index is 433. The Kier molecular flexibility index (Phi) is 3.04. The summed E-state index contributed by atoms with van der Waals surface area (Å²) in [5.74, 6) is 0.972. The van der Waals surface area contributed by atoms with Crippen molar-refractivity contribution in [3.05, 3.63) is 18.2 Å². The largest absolute Gasteiger partial charge is 0.489 e. The van der Waals surface area contributed by atoms with Gasteiger partial charge in [0.15, 0.2) is 0 Å². The third kappa shape index (κ3) is 2.01. The minimum absolute atomic E-state index is 0.207. The number of hydrogen-bond acceptors (Lipinski definition) is 4. The molecule has 2 aliphatic rings. The lowest BCUT2D eigenvalue weighted by Crippen LogP contribution is -2.56. The molecule has 1 aromatic rings. The van der Waals surface area contributed by atoms with E-state index in [2.05, 4.69) is 41.5 Å². The van der Waals surface area contributed by atoms with Gasteiger partial charge in [-0.2, -0.15) is 0 Å². The van der Waals surface area contributed by atoms with Gasteiger partial charge in [-0.3, -0.25) is 0 Å². The molecule has 1 aromatic carbocycles. The van der Waals surface area contributed by atoms with Crippen molar-refractivity contribution in [1.29, 1.82) is 0 Å². The molecule has 3 rings (SSSR count). The molecule has 2 heterocycles. The van der Waals surface area contributed by atoms with Gasteiger partial charge < -0.3 is 20.3 Å². The molecule has 18 heavy (non-hydrogen) atoms. The smallest absolute Gasteiger partial charge is 0.144 e. The molecular weight excluding hydrogens is 226 g/mol. The predicted octanol–water partition coefficient (Wildman–Crippen LogP) is 1.68. The van der Waals surface area contributed by atoms with Crippen LogP contribution in [0.1, 0.15) is 13.8 Å². The second-order valence-corrected chi connectivity index (χ2v) is 5.25. The van der Waals surface area contributed by atoms with Crippen LogP contribution in [0, 0.1) is 0 Å². The Morgan fingerprint density at radius 1 is 1.33 bits per heavy atom. The first-order valence-corrected chi connectivity index (χ1v) is 6.76. The van der Waals surface area contributed by atoms with Crippen molar-refractivity contribution in [2.75, 3.05) is 36.4 Å². The van der Waals surface area contributed by atoms with Crippen LogP contribution in [0.15, 0.2) is 18.2 Å². The van der Waals surface area contributed by atoms with Crippen molar-refractivity contribution < 1.29 is 4.74 Å². The lowest BCUT2D eigenvalue weighted by Gasteiger charge is -2.43. The first kappa shape index (κ1) is 11.7. The number of fused-ring (bicyclic) bond motifs is 3. The highest BCUT2D eigenvalue weighted by Gasteiger charge is 2.29. The summed E-state index contributed by atoms with van der Waals surface area (Å²) >= 11 is 0. The molecule has 4 heteroatoms. The van der Waals surface area contributed by atoms with Gasteiger partial charge >= 0.3 is 0 Å². The van der Waals surface area contributed by atoms with E-state index in [-0.39, 0.29) is 6.10 Å². The summed E-state index contributed by atoms with van der Waals surface area (Å²) in [5, 5.41) is 6.98. The Morgan fingerprint density at radius 3 is 3.06 bits per heavy atom. The van der Waals surface area contributed by atoms with E-state index >= 15 is 0 Å². The van der Waals surface area contributed by atoms with E-state index in [9.17, 15) is 0 Å².